The molecule has 7 heteroatoms. The van der Waals surface area contributed by atoms with Crippen LogP contribution in [0.4, 0.5) is 0 Å². The van der Waals surface area contributed by atoms with Crippen LogP contribution in [0.2, 0.25) is 5.15 Å². The maximum Gasteiger partial charge on any atom is 0.335 e. The van der Waals surface area contributed by atoms with E-state index in [2.05, 4.69) is 36.8 Å². The topological polar surface area (TPSA) is 59.4 Å². The van der Waals surface area contributed by atoms with Gasteiger partial charge in [-0.1, -0.05) is 27.5 Å². The highest BCUT2D eigenvalue weighted by Crippen LogP contribution is 2.32. The predicted octanol–water partition coefficient (Wildman–Crippen LogP) is 4.75. The number of aromatic nitrogens is 1. The Bertz CT molecular complexity index is 649. The molecule has 1 aromatic heterocycles. The van der Waals surface area contributed by atoms with E-state index in [9.17, 15) is 4.79 Å². The minimum absolute atomic E-state index is 0.0169. The molecule has 0 spiro atoms. The summed E-state index contributed by atoms with van der Waals surface area (Å²) in [5.74, 6) is -0.466. The monoisotopic (exact) mass is 405 g/mol. The largest absolute Gasteiger partial charge is 0.478 e. The van der Waals surface area contributed by atoms with E-state index in [-0.39, 0.29) is 16.6 Å². The van der Waals surface area contributed by atoms with E-state index in [1.54, 1.807) is 18.2 Å². The molecule has 0 fully saturated rings. The van der Waals surface area contributed by atoms with Crippen LogP contribution in [0.25, 0.3) is 0 Å². The van der Waals surface area contributed by atoms with Crippen LogP contribution >= 0.6 is 43.5 Å². The van der Waals surface area contributed by atoms with Gasteiger partial charge in [-0.15, -0.1) is 0 Å². The molecular formula is C12H6Br2ClNO3. The second-order valence-electron chi connectivity index (χ2n) is 3.50. The number of nitrogens with zero attached hydrogens (tertiary/aromatic N) is 1. The van der Waals surface area contributed by atoms with Crippen molar-refractivity contribution < 1.29 is 14.6 Å². The van der Waals surface area contributed by atoms with Crippen LogP contribution in [0.3, 0.4) is 0 Å². The van der Waals surface area contributed by atoms with Gasteiger partial charge in [0.2, 0.25) is 5.88 Å². The Morgan fingerprint density at radius 1 is 1.26 bits per heavy atom. The summed E-state index contributed by atoms with van der Waals surface area (Å²) in [4.78, 5) is 14.8. The van der Waals surface area contributed by atoms with E-state index in [1.807, 2.05) is 0 Å². The van der Waals surface area contributed by atoms with E-state index >= 15 is 0 Å². The fourth-order valence-electron chi connectivity index (χ4n) is 1.32. The van der Waals surface area contributed by atoms with Crippen LogP contribution in [0, 0.1) is 0 Å². The highest BCUT2D eigenvalue weighted by atomic mass is 79.9. The molecule has 2 aromatic rings. The molecule has 4 nitrogen and oxygen atoms in total. The summed E-state index contributed by atoms with van der Waals surface area (Å²) in [5.41, 5.74) is 0.0169. The lowest BCUT2D eigenvalue weighted by atomic mass is 10.3. The molecule has 0 atom stereocenters. The van der Waals surface area contributed by atoms with Crippen molar-refractivity contribution in [1.82, 2.24) is 4.98 Å². The Morgan fingerprint density at radius 2 is 2.00 bits per heavy atom. The van der Waals surface area contributed by atoms with Gasteiger partial charge in [-0.3, -0.25) is 0 Å². The van der Waals surface area contributed by atoms with E-state index in [0.29, 0.717) is 10.2 Å². The van der Waals surface area contributed by atoms with E-state index in [0.717, 1.165) is 4.47 Å². The Morgan fingerprint density at radius 3 is 2.63 bits per heavy atom. The summed E-state index contributed by atoms with van der Waals surface area (Å²) in [7, 11) is 0. The van der Waals surface area contributed by atoms with Crippen LogP contribution in [-0.2, 0) is 0 Å². The summed E-state index contributed by atoms with van der Waals surface area (Å²) >= 11 is 12.4. The minimum Gasteiger partial charge on any atom is -0.478 e. The van der Waals surface area contributed by atoms with Crippen molar-refractivity contribution in [2.75, 3.05) is 0 Å². The third-order valence-electron chi connectivity index (χ3n) is 2.13. The van der Waals surface area contributed by atoms with Gasteiger partial charge in [0.1, 0.15) is 10.9 Å². The first-order valence-corrected chi connectivity index (χ1v) is 6.96. The maximum absolute atomic E-state index is 10.9. The number of ether oxygens (including phenoxy) is 1. The van der Waals surface area contributed by atoms with E-state index < -0.39 is 5.97 Å². The van der Waals surface area contributed by atoms with Gasteiger partial charge in [0, 0.05) is 10.5 Å². The number of hydrogen-bond donors (Lipinski definition) is 1. The van der Waals surface area contributed by atoms with Crippen molar-refractivity contribution in [3.05, 3.63) is 50.0 Å². The number of halogens is 3. The number of aromatic carboxylic acids is 1. The highest BCUT2D eigenvalue weighted by molar-refractivity contribution is 9.11. The predicted molar refractivity (Wildman–Crippen MR) is 78.1 cm³/mol. The summed E-state index contributed by atoms with van der Waals surface area (Å²) in [5, 5.41) is 8.99. The Hall–Kier alpha value is -1.11. The first-order chi connectivity index (χ1) is 8.95. The molecule has 0 aliphatic rings. The highest BCUT2D eigenvalue weighted by Gasteiger charge is 2.10. The lowest BCUT2D eigenvalue weighted by Crippen LogP contribution is -1.98. The molecule has 0 bridgehead atoms. The average Bonchev–Trinajstić information content (AvgIpc) is 2.32. The molecule has 0 aliphatic heterocycles. The first-order valence-electron chi connectivity index (χ1n) is 4.99. The minimum atomic E-state index is -1.09. The van der Waals surface area contributed by atoms with Crippen LogP contribution in [-0.4, -0.2) is 16.1 Å². The molecule has 0 amide bonds. The van der Waals surface area contributed by atoms with Gasteiger partial charge < -0.3 is 9.84 Å². The molecule has 0 saturated carbocycles. The molecule has 1 heterocycles. The van der Waals surface area contributed by atoms with Crippen LogP contribution < -0.4 is 4.74 Å². The molecule has 2 rings (SSSR count). The van der Waals surface area contributed by atoms with E-state index in [1.165, 1.54) is 12.1 Å². The summed E-state index contributed by atoms with van der Waals surface area (Å²) in [6.07, 6.45) is 0. The van der Waals surface area contributed by atoms with Gasteiger partial charge in [0.05, 0.1) is 10.0 Å². The molecule has 0 unspecified atom stereocenters. The molecule has 98 valence electrons. The maximum atomic E-state index is 10.9. The molecule has 0 aliphatic carbocycles. The van der Waals surface area contributed by atoms with E-state index in [4.69, 9.17) is 21.4 Å². The van der Waals surface area contributed by atoms with Crippen molar-refractivity contribution in [3.8, 4) is 11.6 Å². The van der Waals surface area contributed by atoms with Crippen molar-refractivity contribution >= 4 is 49.4 Å². The van der Waals surface area contributed by atoms with Gasteiger partial charge in [-0.05, 0) is 40.2 Å². The number of benzene rings is 1. The lowest BCUT2D eigenvalue weighted by molar-refractivity contribution is 0.0696. The quantitative estimate of drug-likeness (QED) is 0.746. The molecule has 0 saturated heterocycles. The number of carboxylic acids is 1. The molecular weight excluding hydrogens is 401 g/mol. The SMILES string of the molecule is O=C(O)c1cc(Cl)nc(Oc2ccc(Br)cc2Br)c1. The number of carbonyl (C=O) groups is 1. The third kappa shape index (κ3) is 3.68. The summed E-state index contributed by atoms with van der Waals surface area (Å²) in [6, 6.07) is 7.88. The summed E-state index contributed by atoms with van der Waals surface area (Å²) in [6.45, 7) is 0. The molecule has 0 radical (unpaired) electrons. The first kappa shape index (κ1) is 14.3. The summed E-state index contributed by atoms with van der Waals surface area (Å²) < 4.78 is 7.10. The van der Waals surface area contributed by atoms with Crippen LogP contribution in [0.5, 0.6) is 11.6 Å². The smallest absolute Gasteiger partial charge is 0.335 e. The van der Waals surface area contributed by atoms with Gasteiger partial charge >= 0.3 is 5.97 Å². The van der Waals surface area contributed by atoms with Gasteiger partial charge in [0.25, 0.3) is 0 Å². The van der Waals surface area contributed by atoms with Gasteiger partial charge in [-0.2, -0.15) is 0 Å². The normalized spacial score (nSPS) is 10.3. The number of rotatable bonds is 3. The molecule has 1 aromatic carbocycles. The zero-order valence-electron chi connectivity index (χ0n) is 9.23. The Kier molecular flexibility index (Phi) is 4.44. The van der Waals surface area contributed by atoms with Crippen LogP contribution in [0.15, 0.2) is 39.3 Å². The van der Waals surface area contributed by atoms with Crippen molar-refractivity contribution in [3.63, 3.8) is 0 Å². The molecule has 1 N–H and O–H groups in total. The molecule has 19 heavy (non-hydrogen) atoms. The lowest BCUT2D eigenvalue weighted by Gasteiger charge is -2.08. The zero-order valence-corrected chi connectivity index (χ0v) is 13.2. The number of carboxylic acid groups (broad SMARTS) is 1. The van der Waals surface area contributed by atoms with Gasteiger partial charge in [0.15, 0.2) is 0 Å². The fraction of sp³-hybridized carbons (Fsp3) is 0. The second kappa shape index (κ2) is 5.90. The Labute approximate surface area is 130 Å². The number of pyridine rings is 1. The van der Waals surface area contributed by atoms with Crippen molar-refractivity contribution in [2.45, 2.75) is 0 Å². The zero-order chi connectivity index (χ0) is 14.0. The Balaban J connectivity index is 2.35. The number of hydrogen-bond acceptors (Lipinski definition) is 3. The third-order valence-corrected chi connectivity index (χ3v) is 3.43. The van der Waals surface area contributed by atoms with Gasteiger partial charge in [-0.25, -0.2) is 9.78 Å². The average molecular weight is 407 g/mol. The second-order valence-corrected chi connectivity index (χ2v) is 5.66. The van der Waals surface area contributed by atoms with Crippen molar-refractivity contribution in [1.29, 1.82) is 0 Å². The van der Waals surface area contributed by atoms with Crippen LogP contribution in [0.1, 0.15) is 10.4 Å². The fourth-order valence-corrected chi connectivity index (χ4v) is 2.65. The standard InChI is InChI=1S/C12H6Br2ClNO3/c13-7-1-2-9(8(14)5-7)19-11-4-6(12(17)18)3-10(15)16-11/h1-5H,(H,17,18). The van der Waals surface area contributed by atoms with Crippen molar-refractivity contribution in [2.24, 2.45) is 0 Å².